The van der Waals surface area contributed by atoms with Crippen molar-refractivity contribution in [2.75, 3.05) is 0 Å². The Kier molecular flexibility index (Phi) is 6.25. The normalized spacial score (nSPS) is 10.6. The molecular formula is C11H20N4. The molecule has 0 fully saturated rings. The summed E-state index contributed by atoms with van der Waals surface area (Å²) in [6.45, 7) is 13.6. The minimum atomic E-state index is 0.685. The quantitative estimate of drug-likeness (QED) is 0.717. The maximum Gasteiger partial charge on any atom is 0.177 e. The summed E-state index contributed by atoms with van der Waals surface area (Å²) in [6, 6.07) is 0. The van der Waals surface area contributed by atoms with Gasteiger partial charge in [-0.2, -0.15) is 9.78 Å². The van der Waals surface area contributed by atoms with Gasteiger partial charge in [0, 0.05) is 5.71 Å². The smallest absolute Gasteiger partial charge is 0.177 e. The first-order chi connectivity index (χ1) is 7.19. The number of hydrogen-bond donors (Lipinski definition) is 0. The molecule has 0 saturated heterocycles. The molecule has 1 aromatic heterocycles. The highest BCUT2D eigenvalue weighted by Crippen LogP contribution is 2.02. The number of rotatable bonds is 3. The first-order valence-corrected chi connectivity index (χ1v) is 5.28. The lowest BCUT2D eigenvalue weighted by Gasteiger charge is -1.99. The number of hydrogen-bond acceptors (Lipinski definition) is 3. The Bertz CT molecular complexity index is 336. The molecule has 1 heterocycles. The van der Waals surface area contributed by atoms with Gasteiger partial charge >= 0.3 is 0 Å². The molecule has 1 aromatic rings. The van der Waals surface area contributed by atoms with Crippen LogP contribution in [-0.2, 0) is 0 Å². The highest BCUT2D eigenvalue weighted by Gasteiger charge is 2.03. The van der Waals surface area contributed by atoms with Crippen LogP contribution in [0.5, 0.6) is 0 Å². The average molecular weight is 208 g/mol. The molecule has 0 aliphatic heterocycles. The van der Waals surface area contributed by atoms with E-state index in [9.17, 15) is 0 Å². The van der Waals surface area contributed by atoms with Crippen LogP contribution in [0.25, 0.3) is 6.08 Å². The molecular weight excluding hydrogens is 188 g/mol. The lowest BCUT2D eigenvalue weighted by Crippen LogP contribution is -2.00. The minimum Gasteiger partial charge on any atom is -0.198 e. The first kappa shape index (κ1) is 13.5. The Hall–Kier alpha value is -1.45. The molecule has 0 N–H and O–H groups in total. The maximum absolute atomic E-state index is 4.34. The van der Waals surface area contributed by atoms with E-state index in [-0.39, 0.29) is 0 Å². The first-order valence-electron chi connectivity index (χ1n) is 5.28. The fourth-order valence-corrected chi connectivity index (χ4v) is 0.866. The predicted molar refractivity (Wildman–Crippen MR) is 65.0 cm³/mol. The van der Waals surface area contributed by atoms with Gasteiger partial charge in [-0.15, -0.1) is 10.2 Å². The van der Waals surface area contributed by atoms with Crippen LogP contribution in [0, 0.1) is 6.92 Å². The highest BCUT2D eigenvalue weighted by molar-refractivity contribution is 5.81. The molecule has 0 radical (unpaired) electrons. The van der Waals surface area contributed by atoms with Crippen molar-refractivity contribution in [1.29, 1.82) is 0 Å². The average Bonchev–Trinajstić information content (AvgIpc) is 2.63. The van der Waals surface area contributed by atoms with Gasteiger partial charge in [-0.1, -0.05) is 27.4 Å². The van der Waals surface area contributed by atoms with E-state index in [2.05, 4.69) is 28.8 Å². The van der Waals surface area contributed by atoms with Crippen LogP contribution in [0.15, 0.2) is 11.7 Å². The van der Waals surface area contributed by atoms with Gasteiger partial charge in [-0.05, 0) is 26.3 Å². The van der Waals surface area contributed by atoms with Gasteiger partial charge < -0.3 is 0 Å². The van der Waals surface area contributed by atoms with Crippen LogP contribution in [0.2, 0.25) is 0 Å². The van der Waals surface area contributed by atoms with Crippen LogP contribution < -0.4 is 0 Å². The van der Waals surface area contributed by atoms with Gasteiger partial charge in [0.25, 0.3) is 0 Å². The monoisotopic (exact) mass is 208 g/mol. The fraction of sp³-hybridized carbons (Fsp3) is 0.545. The van der Waals surface area contributed by atoms with Crippen molar-refractivity contribution < 1.29 is 0 Å². The van der Waals surface area contributed by atoms with E-state index in [0.29, 0.717) is 5.82 Å². The van der Waals surface area contributed by atoms with Crippen LogP contribution >= 0.6 is 0 Å². The second-order valence-corrected chi connectivity index (χ2v) is 2.81. The summed E-state index contributed by atoms with van der Waals surface area (Å²) >= 11 is 0. The van der Waals surface area contributed by atoms with Gasteiger partial charge in [0.15, 0.2) is 11.6 Å². The molecule has 0 atom stereocenters. The summed E-state index contributed by atoms with van der Waals surface area (Å²) in [4.78, 5) is 0. The molecule has 0 aliphatic rings. The summed E-state index contributed by atoms with van der Waals surface area (Å²) < 4.78 is 1.70. The molecule has 4 nitrogen and oxygen atoms in total. The van der Waals surface area contributed by atoms with Gasteiger partial charge in [-0.25, -0.2) is 0 Å². The largest absolute Gasteiger partial charge is 0.198 e. The Labute approximate surface area is 91.7 Å². The predicted octanol–water partition coefficient (Wildman–Crippen LogP) is 2.89. The van der Waals surface area contributed by atoms with Gasteiger partial charge in [0.2, 0.25) is 0 Å². The number of aryl methyl sites for hydroxylation is 1. The van der Waals surface area contributed by atoms with Crippen molar-refractivity contribution in [3.63, 3.8) is 0 Å². The Morgan fingerprint density at radius 1 is 1.47 bits per heavy atom. The third-order valence-corrected chi connectivity index (χ3v) is 1.79. The summed E-state index contributed by atoms with van der Waals surface area (Å²) in [5.74, 6) is 1.47. The van der Waals surface area contributed by atoms with E-state index >= 15 is 0 Å². The van der Waals surface area contributed by atoms with Crippen molar-refractivity contribution in [3.8, 4) is 0 Å². The molecule has 0 saturated carbocycles. The highest BCUT2D eigenvalue weighted by atomic mass is 15.4. The molecule has 0 bridgehead atoms. The third-order valence-electron chi connectivity index (χ3n) is 1.79. The lowest BCUT2D eigenvalue weighted by atomic mass is 10.3. The van der Waals surface area contributed by atoms with Gasteiger partial charge in [0.1, 0.15) is 0 Å². The molecule has 0 aromatic carbocycles. The lowest BCUT2D eigenvalue weighted by molar-refractivity contribution is 0.811. The van der Waals surface area contributed by atoms with Crippen LogP contribution in [0.4, 0.5) is 0 Å². The van der Waals surface area contributed by atoms with Crippen molar-refractivity contribution >= 4 is 11.8 Å². The van der Waals surface area contributed by atoms with E-state index in [4.69, 9.17) is 0 Å². The number of nitrogens with zero attached hydrogens (tertiary/aromatic N) is 4. The van der Waals surface area contributed by atoms with E-state index in [1.165, 1.54) is 0 Å². The molecule has 0 aliphatic carbocycles. The Balaban J connectivity index is 0.000000921. The SMILES string of the molecule is C=Cc1nnc(C)n1/N=C(/C)CC.CC. The van der Waals surface area contributed by atoms with Crippen molar-refractivity contribution in [2.45, 2.75) is 41.0 Å². The Morgan fingerprint density at radius 2 is 2.07 bits per heavy atom. The maximum atomic E-state index is 4.34. The molecule has 84 valence electrons. The molecule has 0 unspecified atom stereocenters. The fourth-order valence-electron chi connectivity index (χ4n) is 0.866. The van der Waals surface area contributed by atoms with Gasteiger partial charge in [0.05, 0.1) is 0 Å². The van der Waals surface area contributed by atoms with Crippen LogP contribution in [0.3, 0.4) is 0 Å². The van der Waals surface area contributed by atoms with Crippen LogP contribution in [0.1, 0.15) is 45.8 Å². The zero-order valence-electron chi connectivity index (χ0n) is 10.3. The zero-order valence-corrected chi connectivity index (χ0v) is 10.3. The van der Waals surface area contributed by atoms with E-state index in [0.717, 1.165) is 18.0 Å². The van der Waals surface area contributed by atoms with Crippen LogP contribution in [-0.4, -0.2) is 20.6 Å². The number of aromatic nitrogens is 3. The van der Waals surface area contributed by atoms with E-state index < -0.39 is 0 Å². The third kappa shape index (κ3) is 3.65. The van der Waals surface area contributed by atoms with Crippen molar-refractivity contribution in [2.24, 2.45) is 5.10 Å². The Morgan fingerprint density at radius 3 is 2.53 bits per heavy atom. The summed E-state index contributed by atoms with van der Waals surface area (Å²) in [5.41, 5.74) is 1.05. The minimum absolute atomic E-state index is 0.685. The molecule has 0 amide bonds. The van der Waals surface area contributed by atoms with E-state index in [1.54, 1.807) is 10.8 Å². The zero-order chi connectivity index (χ0) is 11.8. The summed E-state index contributed by atoms with van der Waals surface area (Å²) in [5, 5.41) is 12.2. The van der Waals surface area contributed by atoms with Crippen molar-refractivity contribution in [3.05, 3.63) is 18.2 Å². The summed E-state index contributed by atoms with van der Waals surface area (Å²) in [6.07, 6.45) is 2.57. The topological polar surface area (TPSA) is 43.1 Å². The summed E-state index contributed by atoms with van der Waals surface area (Å²) in [7, 11) is 0. The van der Waals surface area contributed by atoms with E-state index in [1.807, 2.05) is 27.7 Å². The van der Waals surface area contributed by atoms with Crippen molar-refractivity contribution in [1.82, 2.24) is 14.9 Å². The standard InChI is InChI=1S/C9H14N4.C2H6/c1-5-7(3)12-13-8(4)10-11-9(13)6-2;1-2/h6H,2,5H2,1,3-4H3;1-2H3/b12-7-;. The molecule has 0 spiro atoms. The molecule has 15 heavy (non-hydrogen) atoms. The molecule has 1 rings (SSSR count). The second kappa shape index (κ2) is 6.92. The van der Waals surface area contributed by atoms with Gasteiger partial charge in [-0.3, -0.25) is 0 Å². The molecule has 4 heteroatoms. The second-order valence-electron chi connectivity index (χ2n) is 2.81.